The summed E-state index contributed by atoms with van der Waals surface area (Å²) in [4.78, 5) is 8.39. The summed E-state index contributed by atoms with van der Waals surface area (Å²) in [5, 5.41) is 6.51. The van der Waals surface area contributed by atoms with Gasteiger partial charge >= 0.3 is 0 Å². The maximum atomic E-state index is 5.62. The van der Waals surface area contributed by atoms with Crippen molar-refractivity contribution < 1.29 is 0 Å². The van der Waals surface area contributed by atoms with E-state index in [1.54, 1.807) is 0 Å². The Morgan fingerprint density at radius 2 is 2.14 bits per heavy atom. The van der Waals surface area contributed by atoms with Crippen molar-refractivity contribution in [1.82, 2.24) is 15.3 Å². The van der Waals surface area contributed by atoms with Crippen molar-refractivity contribution in [3.63, 3.8) is 0 Å². The highest BCUT2D eigenvalue weighted by Crippen LogP contribution is 2.22. The lowest BCUT2D eigenvalue weighted by Crippen LogP contribution is -2.15. The minimum atomic E-state index is 0.343. The van der Waals surface area contributed by atoms with E-state index in [0.29, 0.717) is 12.0 Å². The molecule has 1 aromatic heterocycles. The first kappa shape index (κ1) is 9.21. The lowest BCUT2D eigenvalue weighted by atomic mass is 10.2. The fourth-order valence-corrected chi connectivity index (χ4v) is 1.58. The molecule has 0 aliphatic carbocycles. The Morgan fingerprint density at radius 1 is 1.36 bits per heavy atom. The van der Waals surface area contributed by atoms with E-state index in [0.717, 1.165) is 30.2 Å². The van der Waals surface area contributed by atoms with Crippen LogP contribution in [0.2, 0.25) is 0 Å². The largest absolute Gasteiger partial charge is 0.368 e. The molecule has 0 radical (unpaired) electrons. The molecular weight excluding hydrogens is 178 g/mol. The minimum Gasteiger partial charge on any atom is -0.368 e. The molecule has 1 aliphatic heterocycles. The summed E-state index contributed by atoms with van der Waals surface area (Å²) in [7, 11) is 0. The SMILES string of the molecule is CC(C)Nc1nc(N)nc2c1CNC2. The third-order valence-electron chi connectivity index (χ3n) is 2.13. The van der Waals surface area contributed by atoms with Crippen molar-refractivity contribution >= 4 is 11.8 Å². The topological polar surface area (TPSA) is 75.9 Å². The van der Waals surface area contributed by atoms with Gasteiger partial charge in [-0.2, -0.15) is 4.98 Å². The molecule has 4 N–H and O–H groups in total. The number of aromatic nitrogens is 2. The van der Waals surface area contributed by atoms with Gasteiger partial charge in [0.25, 0.3) is 0 Å². The van der Waals surface area contributed by atoms with Crippen LogP contribution in [0.3, 0.4) is 0 Å². The Kier molecular flexibility index (Phi) is 2.25. The van der Waals surface area contributed by atoms with Gasteiger partial charge in [0, 0.05) is 24.7 Å². The first-order valence-corrected chi connectivity index (χ1v) is 4.79. The number of nitrogen functional groups attached to an aromatic ring is 1. The van der Waals surface area contributed by atoms with Crippen LogP contribution in [0.25, 0.3) is 0 Å². The molecule has 5 heteroatoms. The fraction of sp³-hybridized carbons (Fsp3) is 0.556. The van der Waals surface area contributed by atoms with Gasteiger partial charge in [-0.1, -0.05) is 0 Å². The van der Waals surface area contributed by atoms with Crippen molar-refractivity contribution in [2.45, 2.75) is 33.0 Å². The van der Waals surface area contributed by atoms with Gasteiger partial charge in [-0.3, -0.25) is 0 Å². The van der Waals surface area contributed by atoms with Gasteiger partial charge in [0.15, 0.2) is 0 Å². The molecule has 0 atom stereocenters. The summed E-state index contributed by atoms with van der Waals surface area (Å²) in [6.07, 6.45) is 0. The minimum absolute atomic E-state index is 0.343. The highest BCUT2D eigenvalue weighted by molar-refractivity contribution is 5.51. The number of rotatable bonds is 2. The molecule has 5 nitrogen and oxygen atoms in total. The molecule has 0 saturated carbocycles. The zero-order valence-electron chi connectivity index (χ0n) is 8.46. The Balaban J connectivity index is 2.38. The van der Waals surface area contributed by atoms with Gasteiger partial charge in [0.1, 0.15) is 5.82 Å². The third kappa shape index (κ3) is 1.63. The van der Waals surface area contributed by atoms with Gasteiger partial charge in [0.2, 0.25) is 5.95 Å². The fourth-order valence-electron chi connectivity index (χ4n) is 1.58. The van der Waals surface area contributed by atoms with Crippen LogP contribution in [0, 0.1) is 0 Å². The van der Waals surface area contributed by atoms with Gasteiger partial charge in [-0.15, -0.1) is 0 Å². The predicted octanol–water partition coefficient (Wildman–Crippen LogP) is 0.482. The number of anilines is 2. The number of fused-ring (bicyclic) bond motifs is 1. The molecule has 0 saturated heterocycles. The molecule has 14 heavy (non-hydrogen) atoms. The molecule has 0 aromatic carbocycles. The lowest BCUT2D eigenvalue weighted by molar-refractivity contribution is 0.757. The standard InChI is InChI=1S/C9H15N5/c1-5(2)12-8-6-3-11-4-7(6)13-9(10)14-8/h5,11H,3-4H2,1-2H3,(H3,10,12,13,14). The van der Waals surface area contributed by atoms with Crippen LogP contribution in [-0.4, -0.2) is 16.0 Å². The zero-order valence-corrected chi connectivity index (χ0v) is 8.46. The average Bonchev–Trinajstić information content (AvgIpc) is 2.50. The molecule has 0 spiro atoms. The monoisotopic (exact) mass is 193 g/mol. The second-order valence-corrected chi connectivity index (χ2v) is 3.76. The van der Waals surface area contributed by atoms with Crippen molar-refractivity contribution in [2.75, 3.05) is 11.1 Å². The number of nitrogens with one attached hydrogen (secondary N) is 2. The first-order chi connectivity index (χ1) is 6.66. The van der Waals surface area contributed by atoms with Gasteiger partial charge < -0.3 is 16.4 Å². The number of nitrogens with two attached hydrogens (primary N) is 1. The molecule has 76 valence electrons. The number of hydrogen-bond acceptors (Lipinski definition) is 5. The van der Waals surface area contributed by atoms with E-state index in [-0.39, 0.29) is 0 Å². The quantitative estimate of drug-likeness (QED) is 0.637. The Morgan fingerprint density at radius 3 is 2.86 bits per heavy atom. The Labute approximate surface area is 83.1 Å². The van der Waals surface area contributed by atoms with Gasteiger partial charge in [-0.25, -0.2) is 4.98 Å². The highest BCUT2D eigenvalue weighted by Gasteiger charge is 2.18. The molecule has 0 fully saturated rings. The normalized spacial score (nSPS) is 14.5. The Bertz CT molecular complexity index is 347. The van der Waals surface area contributed by atoms with Crippen LogP contribution in [0.1, 0.15) is 25.1 Å². The van der Waals surface area contributed by atoms with Crippen molar-refractivity contribution in [2.24, 2.45) is 0 Å². The van der Waals surface area contributed by atoms with E-state index in [1.807, 2.05) is 0 Å². The van der Waals surface area contributed by atoms with Crippen LogP contribution < -0.4 is 16.4 Å². The molecular formula is C9H15N5. The molecule has 1 aromatic rings. The summed E-state index contributed by atoms with van der Waals surface area (Å²) in [6.45, 7) is 5.76. The summed E-state index contributed by atoms with van der Waals surface area (Å²) in [6, 6.07) is 0.356. The van der Waals surface area contributed by atoms with Gasteiger partial charge in [0.05, 0.1) is 5.69 Å². The van der Waals surface area contributed by atoms with E-state index in [9.17, 15) is 0 Å². The summed E-state index contributed by atoms with van der Waals surface area (Å²) >= 11 is 0. The smallest absolute Gasteiger partial charge is 0.222 e. The maximum Gasteiger partial charge on any atom is 0.222 e. The van der Waals surface area contributed by atoms with Gasteiger partial charge in [-0.05, 0) is 13.8 Å². The highest BCUT2D eigenvalue weighted by atomic mass is 15.1. The van der Waals surface area contributed by atoms with E-state index >= 15 is 0 Å². The average molecular weight is 193 g/mol. The molecule has 0 bridgehead atoms. The molecule has 0 amide bonds. The second kappa shape index (κ2) is 3.42. The third-order valence-corrected chi connectivity index (χ3v) is 2.13. The van der Waals surface area contributed by atoms with Crippen LogP contribution in [0.15, 0.2) is 0 Å². The maximum absolute atomic E-state index is 5.62. The van der Waals surface area contributed by atoms with Crippen LogP contribution in [0.5, 0.6) is 0 Å². The van der Waals surface area contributed by atoms with E-state index < -0.39 is 0 Å². The van der Waals surface area contributed by atoms with E-state index in [2.05, 4.69) is 34.4 Å². The molecule has 2 heterocycles. The van der Waals surface area contributed by atoms with Crippen molar-refractivity contribution in [3.05, 3.63) is 11.3 Å². The molecule has 0 unspecified atom stereocenters. The summed E-state index contributed by atoms with van der Waals surface area (Å²) in [5.41, 5.74) is 7.78. The first-order valence-electron chi connectivity index (χ1n) is 4.79. The molecule has 1 aliphatic rings. The molecule has 2 rings (SSSR count). The predicted molar refractivity (Wildman–Crippen MR) is 55.7 cm³/mol. The van der Waals surface area contributed by atoms with Crippen molar-refractivity contribution in [3.8, 4) is 0 Å². The van der Waals surface area contributed by atoms with Crippen LogP contribution in [-0.2, 0) is 13.1 Å². The van der Waals surface area contributed by atoms with Crippen molar-refractivity contribution in [1.29, 1.82) is 0 Å². The zero-order chi connectivity index (χ0) is 10.1. The van der Waals surface area contributed by atoms with Crippen LogP contribution in [0.4, 0.5) is 11.8 Å². The number of hydrogen-bond donors (Lipinski definition) is 3. The van der Waals surface area contributed by atoms with E-state index in [4.69, 9.17) is 5.73 Å². The van der Waals surface area contributed by atoms with E-state index in [1.165, 1.54) is 0 Å². The Hall–Kier alpha value is -1.36. The summed E-state index contributed by atoms with van der Waals surface area (Å²) < 4.78 is 0. The second-order valence-electron chi connectivity index (χ2n) is 3.76. The van der Waals surface area contributed by atoms with Crippen LogP contribution >= 0.6 is 0 Å². The summed E-state index contributed by atoms with van der Waals surface area (Å²) in [5.74, 6) is 1.21. The number of nitrogens with zero attached hydrogens (tertiary/aromatic N) is 2. The lowest BCUT2D eigenvalue weighted by Gasteiger charge is -2.12.